The van der Waals surface area contributed by atoms with Crippen LogP contribution < -0.4 is 0 Å². The van der Waals surface area contributed by atoms with E-state index in [4.69, 9.17) is 19.9 Å². The number of aryl methyl sites for hydroxylation is 2. The Balaban J connectivity index is 1.22. The van der Waals surface area contributed by atoms with Crippen LogP contribution in [-0.4, -0.2) is 24.9 Å². The van der Waals surface area contributed by atoms with E-state index in [9.17, 15) is 0 Å². The van der Waals surface area contributed by atoms with Crippen LogP contribution in [0.2, 0.25) is 0 Å². The number of hydrogen-bond donors (Lipinski definition) is 0. The Labute approximate surface area is 267 Å². The Kier molecular flexibility index (Phi) is 6.84. The fourth-order valence-corrected chi connectivity index (χ4v) is 5.98. The summed E-state index contributed by atoms with van der Waals surface area (Å²) in [7, 11) is 0. The molecular weight excluding hydrogens is 562 g/mol. The van der Waals surface area contributed by atoms with E-state index in [0.29, 0.717) is 5.82 Å². The maximum atomic E-state index is 5.16. The SMILES string of the molecule is Cc1ccc2ccc3c(C)cc(-c4cccc(-c5cccc(-c6nc(-c7ccccc7)cc(-c7cccnc7)n6)c5)c4)nc3c2n1. The molecule has 0 fully saturated rings. The molecule has 0 radical (unpaired) electrons. The third-order valence-electron chi connectivity index (χ3n) is 8.35. The maximum Gasteiger partial charge on any atom is 0.160 e. The summed E-state index contributed by atoms with van der Waals surface area (Å²) in [6.45, 7) is 4.17. The van der Waals surface area contributed by atoms with Gasteiger partial charge in [0.1, 0.15) is 0 Å². The third-order valence-corrected chi connectivity index (χ3v) is 8.35. The van der Waals surface area contributed by atoms with Crippen molar-refractivity contribution in [1.29, 1.82) is 0 Å². The van der Waals surface area contributed by atoms with Crippen molar-refractivity contribution in [1.82, 2.24) is 24.9 Å². The van der Waals surface area contributed by atoms with Crippen LogP contribution in [0.5, 0.6) is 0 Å². The molecule has 0 aliphatic carbocycles. The average Bonchev–Trinajstić information content (AvgIpc) is 3.12. The van der Waals surface area contributed by atoms with Crippen LogP contribution in [-0.2, 0) is 0 Å². The summed E-state index contributed by atoms with van der Waals surface area (Å²) in [6.07, 6.45) is 3.61. The molecule has 0 saturated carbocycles. The summed E-state index contributed by atoms with van der Waals surface area (Å²) in [5, 5.41) is 2.22. The Morgan fingerprint density at radius 1 is 0.435 bits per heavy atom. The van der Waals surface area contributed by atoms with Gasteiger partial charge >= 0.3 is 0 Å². The Morgan fingerprint density at radius 2 is 1.09 bits per heavy atom. The topological polar surface area (TPSA) is 64.5 Å². The zero-order valence-electron chi connectivity index (χ0n) is 25.5. The second-order valence-electron chi connectivity index (χ2n) is 11.5. The predicted octanol–water partition coefficient (Wildman–Crippen LogP) is 9.92. The molecule has 5 nitrogen and oxygen atoms in total. The van der Waals surface area contributed by atoms with E-state index in [1.165, 1.54) is 5.56 Å². The minimum atomic E-state index is 0.666. The summed E-state index contributed by atoms with van der Waals surface area (Å²) < 4.78 is 0. The molecule has 0 bridgehead atoms. The minimum absolute atomic E-state index is 0.666. The summed E-state index contributed by atoms with van der Waals surface area (Å²) >= 11 is 0. The smallest absolute Gasteiger partial charge is 0.160 e. The third kappa shape index (κ3) is 5.18. The second-order valence-corrected chi connectivity index (χ2v) is 11.5. The van der Waals surface area contributed by atoms with Crippen LogP contribution in [0.1, 0.15) is 11.3 Å². The van der Waals surface area contributed by atoms with Crippen LogP contribution in [0, 0.1) is 13.8 Å². The molecule has 8 aromatic rings. The first kappa shape index (κ1) is 27.5. The molecule has 0 unspecified atom stereocenters. The van der Waals surface area contributed by atoms with Crippen molar-refractivity contribution in [3.05, 3.63) is 151 Å². The molecule has 0 aliphatic rings. The summed E-state index contributed by atoms with van der Waals surface area (Å²) in [6, 6.07) is 43.8. The highest BCUT2D eigenvalue weighted by atomic mass is 14.9. The van der Waals surface area contributed by atoms with Crippen molar-refractivity contribution in [2.24, 2.45) is 0 Å². The Morgan fingerprint density at radius 3 is 1.87 bits per heavy atom. The summed E-state index contributed by atoms with van der Waals surface area (Å²) in [5.74, 6) is 0.666. The van der Waals surface area contributed by atoms with Gasteiger partial charge in [0.25, 0.3) is 0 Å². The largest absolute Gasteiger partial charge is 0.264 e. The van der Waals surface area contributed by atoms with Crippen molar-refractivity contribution in [2.75, 3.05) is 0 Å². The van der Waals surface area contributed by atoms with Crippen LogP contribution in [0.25, 0.3) is 78.1 Å². The van der Waals surface area contributed by atoms with Gasteiger partial charge in [0, 0.05) is 51.1 Å². The predicted molar refractivity (Wildman–Crippen MR) is 187 cm³/mol. The molecule has 4 heterocycles. The van der Waals surface area contributed by atoms with E-state index < -0.39 is 0 Å². The van der Waals surface area contributed by atoms with Crippen LogP contribution >= 0.6 is 0 Å². The fourth-order valence-electron chi connectivity index (χ4n) is 5.98. The molecule has 0 spiro atoms. The lowest BCUT2D eigenvalue weighted by Gasteiger charge is -2.12. The van der Waals surface area contributed by atoms with Gasteiger partial charge in [-0.2, -0.15) is 0 Å². The number of nitrogens with zero attached hydrogens (tertiary/aromatic N) is 5. The summed E-state index contributed by atoms with van der Waals surface area (Å²) in [5.41, 5.74) is 12.8. The first-order chi connectivity index (χ1) is 22.6. The lowest BCUT2D eigenvalue weighted by Crippen LogP contribution is -1.96. The van der Waals surface area contributed by atoms with Gasteiger partial charge in [0.2, 0.25) is 0 Å². The molecule has 0 amide bonds. The molecular formula is C41H29N5. The molecule has 5 heteroatoms. The quantitative estimate of drug-likeness (QED) is 0.186. The number of fused-ring (bicyclic) bond motifs is 3. The molecule has 46 heavy (non-hydrogen) atoms. The average molecular weight is 592 g/mol. The molecule has 4 aromatic carbocycles. The molecule has 0 atom stereocenters. The molecule has 8 rings (SSSR count). The number of aromatic nitrogens is 5. The standard InChI is InChI=1S/C41H29N5/c1-26-21-36(44-40-35(26)19-18-29-17-16-27(2)43-39(29)40)32-13-6-11-30(22-32)31-12-7-14-33(23-31)41-45-37(28-9-4-3-5-10-28)24-38(46-41)34-15-8-20-42-25-34/h3-25H,1-2H3. The van der Waals surface area contributed by atoms with Gasteiger partial charge in [-0.05, 0) is 73.0 Å². The van der Waals surface area contributed by atoms with Gasteiger partial charge in [-0.15, -0.1) is 0 Å². The minimum Gasteiger partial charge on any atom is -0.264 e. The lowest BCUT2D eigenvalue weighted by atomic mass is 9.98. The van der Waals surface area contributed by atoms with Crippen LogP contribution in [0.4, 0.5) is 0 Å². The fraction of sp³-hybridized carbons (Fsp3) is 0.0488. The zero-order valence-corrected chi connectivity index (χ0v) is 25.5. The van der Waals surface area contributed by atoms with Gasteiger partial charge in [-0.1, -0.05) is 84.9 Å². The van der Waals surface area contributed by atoms with E-state index in [2.05, 4.69) is 96.8 Å². The number of rotatable bonds is 5. The molecule has 0 N–H and O–H groups in total. The number of hydrogen-bond acceptors (Lipinski definition) is 5. The normalized spacial score (nSPS) is 11.3. The molecule has 218 valence electrons. The Hall–Kier alpha value is -6.07. The second kappa shape index (κ2) is 11.5. The van der Waals surface area contributed by atoms with Crippen molar-refractivity contribution >= 4 is 21.8 Å². The molecule has 4 aromatic heterocycles. The molecule has 0 aliphatic heterocycles. The van der Waals surface area contributed by atoms with E-state index in [1.54, 1.807) is 6.20 Å². The van der Waals surface area contributed by atoms with Crippen molar-refractivity contribution in [3.8, 4) is 56.3 Å². The van der Waals surface area contributed by atoms with Gasteiger partial charge < -0.3 is 0 Å². The zero-order chi connectivity index (χ0) is 31.0. The van der Waals surface area contributed by atoms with Crippen LogP contribution in [0.15, 0.2) is 140 Å². The molecule has 0 saturated heterocycles. The van der Waals surface area contributed by atoms with Gasteiger partial charge in [-0.3, -0.25) is 9.97 Å². The monoisotopic (exact) mass is 591 g/mol. The number of pyridine rings is 3. The highest BCUT2D eigenvalue weighted by Crippen LogP contribution is 2.33. The van der Waals surface area contributed by atoms with Crippen molar-refractivity contribution in [3.63, 3.8) is 0 Å². The maximum absolute atomic E-state index is 5.16. The van der Waals surface area contributed by atoms with E-state index in [-0.39, 0.29) is 0 Å². The van der Waals surface area contributed by atoms with Crippen molar-refractivity contribution < 1.29 is 0 Å². The van der Waals surface area contributed by atoms with Gasteiger partial charge in [-0.25, -0.2) is 15.0 Å². The Bertz CT molecular complexity index is 2330. The first-order valence-electron chi connectivity index (χ1n) is 15.3. The van der Waals surface area contributed by atoms with E-state index in [0.717, 1.165) is 78.0 Å². The highest BCUT2D eigenvalue weighted by molar-refractivity contribution is 6.04. The van der Waals surface area contributed by atoms with Crippen molar-refractivity contribution in [2.45, 2.75) is 13.8 Å². The van der Waals surface area contributed by atoms with Gasteiger partial charge in [0.05, 0.1) is 28.1 Å². The first-order valence-corrected chi connectivity index (χ1v) is 15.3. The van der Waals surface area contributed by atoms with E-state index in [1.807, 2.05) is 55.6 Å². The van der Waals surface area contributed by atoms with Crippen LogP contribution in [0.3, 0.4) is 0 Å². The van der Waals surface area contributed by atoms with E-state index >= 15 is 0 Å². The number of benzene rings is 4. The lowest BCUT2D eigenvalue weighted by molar-refractivity contribution is 1.18. The van der Waals surface area contributed by atoms with Gasteiger partial charge in [0.15, 0.2) is 5.82 Å². The highest BCUT2D eigenvalue weighted by Gasteiger charge is 2.13. The summed E-state index contributed by atoms with van der Waals surface area (Å²) in [4.78, 5) is 24.4.